The molecule has 0 unspecified atom stereocenters. The molecule has 3 nitrogen and oxygen atoms in total. The van der Waals surface area contributed by atoms with Crippen molar-refractivity contribution in [2.45, 2.75) is 50.9 Å². The number of nitrogens with zero attached hydrogens (tertiary/aromatic N) is 2. The fourth-order valence-electron chi connectivity index (χ4n) is 5.60. The molecule has 1 fully saturated rings. The minimum absolute atomic E-state index is 0.0513. The van der Waals surface area contributed by atoms with Gasteiger partial charge in [0, 0.05) is 10.9 Å². The number of rotatable bonds is 7. The molecule has 0 atom stereocenters. The van der Waals surface area contributed by atoms with E-state index in [1.54, 1.807) is 10.7 Å². The fourth-order valence-corrected chi connectivity index (χ4v) is 5.60. The molecule has 1 heterocycles. The predicted molar refractivity (Wildman–Crippen MR) is 148 cm³/mol. The first-order chi connectivity index (χ1) is 19.0. The van der Waals surface area contributed by atoms with Crippen LogP contribution in [0.3, 0.4) is 0 Å². The van der Waals surface area contributed by atoms with Gasteiger partial charge in [0.1, 0.15) is 17.9 Å². The summed E-state index contributed by atoms with van der Waals surface area (Å²) in [6, 6.07) is 30.0. The Morgan fingerprint density at radius 1 is 0.795 bits per heavy atom. The number of aromatic nitrogens is 2. The Kier molecular flexibility index (Phi) is 6.86. The zero-order valence-corrected chi connectivity index (χ0v) is 21.5. The minimum atomic E-state index is -4.50. The van der Waals surface area contributed by atoms with Crippen LogP contribution in [0.2, 0.25) is 0 Å². The zero-order valence-electron chi connectivity index (χ0n) is 21.5. The van der Waals surface area contributed by atoms with E-state index in [1.165, 1.54) is 37.3 Å². The van der Waals surface area contributed by atoms with Gasteiger partial charge in [-0.25, -0.2) is 0 Å². The lowest BCUT2D eigenvalue weighted by Crippen LogP contribution is -2.06. The molecule has 1 aliphatic carbocycles. The van der Waals surface area contributed by atoms with Crippen molar-refractivity contribution in [3.63, 3.8) is 0 Å². The highest BCUT2D eigenvalue weighted by Crippen LogP contribution is 2.39. The number of ether oxygens (including phenoxy) is 1. The number of benzene rings is 4. The van der Waals surface area contributed by atoms with Gasteiger partial charge >= 0.3 is 6.18 Å². The number of hydrogen-bond donors (Lipinski definition) is 0. The van der Waals surface area contributed by atoms with Gasteiger partial charge in [-0.05, 0) is 53.6 Å². The van der Waals surface area contributed by atoms with E-state index < -0.39 is 11.7 Å². The number of hydrogen-bond acceptors (Lipinski definition) is 2. The lowest BCUT2D eigenvalue weighted by atomic mass is 9.97. The van der Waals surface area contributed by atoms with E-state index in [-0.39, 0.29) is 5.52 Å². The first kappa shape index (κ1) is 25.2. The molecule has 0 radical (unpaired) electrons. The summed E-state index contributed by atoms with van der Waals surface area (Å²) < 4.78 is 49.4. The molecule has 4 aromatic carbocycles. The highest BCUT2D eigenvalue weighted by molar-refractivity contribution is 5.95. The average Bonchev–Trinajstić information content (AvgIpc) is 3.61. The molecule has 198 valence electrons. The van der Waals surface area contributed by atoms with Gasteiger partial charge in [-0.15, -0.1) is 0 Å². The molecule has 5 aromatic rings. The van der Waals surface area contributed by atoms with Crippen LogP contribution >= 0.6 is 0 Å². The molecule has 6 rings (SSSR count). The summed E-state index contributed by atoms with van der Waals surface area (Å²) in [5.74, 6) is 1.32. The smallest absolute Gasteiger partial charge is 0.418 e. The fraction of sp³-hybridized carbons (Fsp3) is 0.242. The third-order valence-electron chi connectivity index (χ3n) is 7.57. The van der Waals surface area contributed by atoms with Crippen LogP contribution in [0, 0.1) is 0 Å². The maximum absolute atomic E-state index is 13.9. The molecule has 0 amide bonds. The summed E-state index contributed by atoms with van der Waals surface area (Å²) in [4.78, 5) is 0. The van der Waals surface area contributed by atoms with Gasteiger partial charge in [-0.2, -0.15) is 18.3 Å². The molecule has 6 heteroatoms. The molecule has 0 aliphatic heterocycles. The minimum Gasteiger partial charge on any atom is -0.489 e. The summed E-state index contributed by atoms with van der Waals surface area (Å²) in [5.41, 5.74) is 4.03. The van der Waals surface area contributed by atoms with Gasteiger partial charge in [-0.1, -0.05) is 91.7 Å². The van der Waals surface area contributed by atoms with Crippen LogP contribution in [0.4, 0.5) is 13.2 Å². The van der Waals surface area contributed by atoms with E-state index in [4.69, 9.17) is 4.74 Å². The molecule has 0 saturated heterocycles. The van der Waals surface area contributed by atoms with Crippen molar-refractivity contribution in [1.82, 2.24) is 9.78 Å². The summed E-state index contributed by atoms with van der Waals surface area (Å²) in [7, 11) is 0. The van der Waals surface area contributed by atoms with Crippen molar-refractivity contribution in [1.29, 1.82) is 0 Å². The van der Waals surface area contributed by atoms with Crippen LogP contribution in [-0.2, 0) is 19.3 Å². The van der Waals surface area contributed by atoms with E-state index in [9.17, 15) is 13.2 Å². The van der Waals surface area contributed by atoms with Crippen LogP contribution < -0.4 is 4.74 Å². The van der Waals surface area contributed by atoms with Crippen molar-refractivity contribution in [3.05, 3.63) is 119 Å². The summed E-state index contributed by atoms with van der Waals surface area (Å²) in [6.45, 7) is 0.761. The molecule has 1 saturated carbocycles. The van der Waals surface area contributed by atoms with Crippen molar-refractivity contribution in [2.75, 3.05) is 0 Å². The van der Waals surface area contributed by atoms with Gasteiger partial charge in [0.05, 0.1) is 17.8 Å². The number of alkyl halides is 3. The third-order valence-corrected chi connectivity index (χ3v) is 7.57. The topological polar surface area (TPSA) is 27.1 Å². The van der Waals surface area contributed by atoms with Crippen molar-refractivity contribution in [2.24, 2.45) is 0 Å². The molecule has 1 aliphatic rings. The van der Waals surface area contributed by atoms with Crippen LogP contribution in [0.5, 0.6) is 5.75 Å². The maximum atomic E-state index is 13.9. The summed E-state index contributed by atoms with van der Waals surface area (Å²) >= 11 is 0. The molecule has 0 N–H and O–H groups in total. The first-order valence-electron chi connectivity index (χ1n) is 13.4. The third kappa shape index (κ3) is 5.42. The Hall–Kier alpha value is -4.06. The van der Waals surface area contributed by atoms with E-state index >= 15 is 0 Å². The molecular formula is C33H29F3N2O. The van der Waals surface area contributed by atoms with E-state index in [2.05, 4.69) is 29.4 Å². The van der Waals surface area contributed by atoms with Crippen LogP contribution in [0.1, 0.15) is 53.9 Å². The monoisotopic (exact) mass is 526 g/mol. The van der Waals surface area contributed by atoms with Crippen LogP contribution in [0.25, 0.3) is 22.2 Å². The molecular weight excluding hydrogens is 497 g/mol. The molecule has 1 aromatic heterocycles. The van der Waals surface area contributed by atoms with E-state index in [0.29, 0.717) is 35.9 Å². The van der Waals surface area contributed by atoms with Gasteiger partial charge in [0.25, 0.3) is 0 Å². The van der Waals surface area contributed by atoms with Gasteiger partial charge in [-0.3, -0.25) is 4.68 Å². The van der Waals surface area contributed by atoms with Gasteiger partial charge in [0.2, 0.25) is 0 Å². The predicted octanol–water partition coefficient (Wildman–Crippen LogP) is 9.01. The van der Waals surface area contributed by atoms with E-state index in [1.807, 2.05) is 54.6 Å². The highest BCUT2D eigenvalue weighted by atomic mass is 19.4. The van der Waals surface area contributed by atoms with Gasteiger partial charge in [0.15, 0.2) is 0 Å². The quantitative estimate of drug-likeness (QED) is 0.212. The number of halogens is 3. The van der Waals surface area contributed by atoms with Crippen molar-refractivity contribution in [3.8, 4) is 17.0 Å². The van der Waals surface area contributed by atoms with Crippen LogP contribution in [0.15, 0.2) is 97.1 Å². The van der Waals surface area contributed by atoms with E-state index in [0.717, 1.165) is 22.8 Å². The van der Waals surface area contributed by atoms with Crippen molar-refractivity contribution >= 4 is 10.9 Å². The number of fused-ring (bicyclic) bond motifs is 1. The lowest BCUT2D eigenvalue weighted by Gasteiger charge is -2.12. The normalized spacial score (nSPS) is 14.2. The zero-order chi connectivity index (χ0) is 26.8. The molecule has 39 heavy (non-hydrogen) atoms. The Labute approximate surface area is 225 Å². The Morgan fingerprint density at radius 2 is 1.54 bits per heavy atom. The first-order valence-corrected chi connectivity index (χ1v) is 13.4. The second-order valence-corrected chi connectivity index (χ2v) is 10.2. The summed E-state index contributed by atoms with van der Waals surface area (Å²) in [6.07, 6.45) is 0.651. The standard InChI is InChI=1S/C33H29F3N2O/c34-33(35,36)30-15-7-14-29-31(30)37-38(21-23-8-2-1-3-9-23)32(29)27-12-6-13-28(20-27)39-22-24-16-18-26(19-17-24)25-10-4-5-11-25/h1-3,6-9,12-20,25H,4-5,10-11,21-22H2. The highest BCUT2D eigenvalue weighted by Gasteiger charge is 2.34. The maximum Gasteiger partial charge on any atom is 0.418 e. The second-order valence-electron chi connectivity index (χ2n) is 10.2. The molecule has 0 spiro atoms. The summed E-state index contributed by atoms with van der Waals surface area (Å²) in [5, 5.41) is 4.93. The Bertz CT molecular complexity index is 1570. The molecule has 0 bridgehead atoms. The SMILES string of the molecule is FC(F)(F)c1cccc2c(-c3cccc(OCc4ccc(C5CCCC5)cc4)c3)n(Cc3ccccc3)nc12. The van der Waals surface area contributed by atoms with Gasteiger partial charge < -0.3 is 4.74 Å². The average molecular weight is 527 g/mol. The lowest BCUT2D eigenvalue weighted by molar-refractivity contribution is -0.136. The Balaban J connectivity index is 1.31. The second kappa shape index (κ2) is 10.6. The van der Waals surface area contributed by atoms with Crippen molar-refractivity contribution < 1.29 is 17.9 Å². The Morgan fingerprint density at radius 3 is 2.28 bits per heavy atom. The van der Waals surface area contributed by atoms with Crippen LogP contribution in [-0.4, -0.2) is 9.78 Å². The largest absolute Gasteiger partial charge is 0.489 e.